The molecule has 2 unspecified atom stereocenters. The maximum Gasteiger partial charge on any atom is 0.326 e. The molecule has 2 aliphatic heterocycles. The van der Waals surface area contributed by atoms with E-state index in [0.29, 0.717) is 45.9 Å². The molecule has 35 heavy (non-hydrogen) atoms. The summed E-state index contributed by atoms with van der Waals surface area (Å²) < 4.78 is 0. The Labute approximate surface area is 204 Å². The number of nitrogens with two attached hydrogens (primary N) is 1. The van der Waals surface area contributed by atoms with Gasteiger partial charge in [0.15, 0.2) is 0 Å². The second-order valence-corrected chi connectivity index (χ2v) is 8.95. The van der Waals surface area contributed by atoms with Crippen LogP contribution in [-0.2, 0) is 9.59 Å². The van der Waals surface area contributed by atoms with Crippen LogP contribution in [0.1, 0.15) is 28.3 Å². The SMILES string of the molecule is NC(=O)C(CN1NC(C(=O)O)C2=C1CN(C(=O)c1ccc3[nH]nnc3c1)CC2)c1ccc(Cl)cc1. The van der Waals surface area contributed by atoms with Gasteiger partial charge in [0.2, 0.25) is 5.91 Å². The number of hydrogen-bond donors (Lipinski definition) is 4. The highest BCUT2D eigenvalue weighted by Gasteiger charge is 2.40. The van der Waals surface area contributed by atoms with Crippen LogP contribution in [0.5, 0.6) is 0 Å². The summed E-state index contributed by atoms with van der Waals surface area (Å²) in [6.45, 7) is 0.657. The predicted octanol–water partition coefficient (Wildman–Crippen LogP) is 1.25. The smallest absolute Gasteiger partial charge is 0.326 e. The summed E-state index contributed by atoms with van der Waals surface area (Å²) >= 11 is 5.97. The van der Waals surface area contributed by atoms with Crippen LogP contribution in [0.3, 0.4) is 0 Å². The number of carbonyl (C=O) groups is 3. The number of rotatable bonds is 6. The first-order valence-corrected chi connectivity index (χ1v) is 11.3. The molecule has 180 valence electrons. The van der Waals surface area contributed by atoms with Gasteiger partial charge in [-0.1, -0.05) is 28.9 Å². The summed E-state index contributed by atoms with van der Waals surface area (Å²) in [5.74, 6) is -2.51. The molecule has 3 heterocycles. The Hall–Kier alpha value is -3.96. The van der Waals surface area contributed by atoms with Crippen molar-refractivity contribution in [2.45, 2.75) is 18.4 Å². The molecule has 0 saturated carbocycles. The second kappa shape index (κ2) is 9.01. The van der Waals surface area contributed by atoms with E-state index in [1.165, 1.54) is 0 Å². The molecule has 0 bridgehead atoms. The number of aliphatic carboxylic acids is 1. The molecule has 2 aliphatic rings. The molecule has 12 heteroatoms. The van der Waals surface area contributed by atoms with E-state index in [-0.39, 0.29) is 19.0 Å². The van der Waals surface area contributed by atoms with Crippen LogP contribution in [0.2, 0.25) is 5.02 Å². The Morgan fingerprint density at radius 2 is 1.97 bits per heavy atom. The summed E-state index contributed by atoms with van der Waals surface area (Å²) in [5, 5.41) is 22.4. The van der Waals surface area contributed by atoms with Gasteiger partial charge in [0.1, 0.15) is 11.6 Å². The van der Waals surface area contributed by atoms with E-state index < -0.39 is 23.8 Å². The van der Waals surface area contributed by atoms with E-state index in [0.717, 1.165) is 5.52 Å². The van der Waals surface area contributed by atoms with Gasteiger partial charge in [-0.2, -0.15) is 0 Å². The third kappa shape index (κ3) is 4.31. The van der Waals surface area contributed by atoms with Gasteiger partial charge in [-0.05, 0) is 47.9 Å². The summed E-state index contributed by atoms with van der Waals surface area (Å²) in [7, 11) is 0. The quantitative estimate of drug-likeness (QED) is 0.398. The Bertz CT molecular complexity index is 1350. The highest BCUT2D eigenvalue weighted by Crippen LogP contribution is 2.32. The number of carboxylic acid groups (broad SMARTS) is 1. The third-order valence-corrected chi connectivity index (χ3v) is 6.66. The number of nitrogens with zero attached hydrogens (tertiary/aromatic N) is 4. The molecule has 0 spiro atoms. The first-order valence-electron chi connectivity index (χ1n) is 10.9. The zero-order valence-corrected chi connectivity index (χ0v) is 19.2. The van der Waals surface area contributed by atoms with Crippen molar-refractivity contribution in [3.63, 3.8) is 0 Å². The fraction of sp³-hybridized carbons (Fsp3) is 0.261. The number of amides is 2. The number of H-pyrrole nitrogens is 1. The lowest BCUT2D eigenvalue weighted by Gasteiger charge is -2.33. The topological polar surface area (TPSA) is 158 Å². The zero-order chi connectivity index (χ0) is 24.7. The van der Waals surface area contributed by atoms with Crippen molar-refractivity contribution in [1.29, 1.82) is 0 Å². The standard InChI is InChI=1S/C23H22ClN7O4/c24-14-4-1-12(2-5-14)16(21(25)32)10-31-19-11-30(8-7-15(19)20(28-31)23(34)35)22(33)13-3-6-17-18(9-13)27-29-26-17/h1-6,9,16,20,28H,7-8,10-11H2,(H2,25,32)(H,34,35)(H,26,27,29). The molecule has 2 atom stereocenters. The van der Waals surface area contributed by atoms with Crippen LogP contribution in [-0.4, -0.2) is 73.9 Å². The Morgan fingerprint density at radius 3 is 2.69 bits per heavy atom. The van der Waals surface area contributed by atoms with E-state index in [2.05, 4.69) is 20.8 Å². The summed E-state index contributed by atoms with van der Waals surface area (Å²) in [6, 6.07) is 10.9. The van der Waals surface area contributed by atoms with E-state index >= 15 is 0 Å². The molecule has 0 saturated heterocycles. The van der Waals surface area contributed by atoms with E-state index in [9.17, 15) is 19.5 Å². The lowest BCUT2D eigenvalue weighted by atomic mass is 9.96. The number of benzene rings is 2. The van der Waals surface area contributed by atoms with Gasteiger partial charge >= 0.3 is 5.97 Å². The monoisotopic (exact) mass is 495 g/mol. The Balaban J connectivity index is 1.41. The molecular weight excluding hydrogens is 474 g/mol. The number of hydrogen-bond acceptors (Lipinski definition) is 7. The van der Waals surface area contributed by atoms with Crippen molar-refractivity contribution in [3.8, 4) is 0 Å². The van der Waals surface area contributed by atoms with Crippen LogP contribution in [0.15, 0.2) is 53.7 Å². The molecule has 2 amide bonds. The zero-order valence-electron chi connectivity index (χ0n) is 18.4. The Kier molecular flexibility index (Phi) is 5.87. The summed E-state index contributed by atoms with van der Waals surface area (Å²) in [4.78, 5) is 39.2. The molecule has 5 N–H and O–H groups in total. The van der Waals surface area contributed by atoms with E-state index in [4.69, 9.17) is 17.3 Å². The van der Waals surface area contributed by atoms with Crippen molar-refractivity contribution in [3.05, 3.63) is 69.9 Å². The maximum absolute atomic E-state index is 13.3. The van der Waals surface area contributed by atoms with Gasteiger partial charge in [-0.25, -0.2) is 5.43 Å². The average Bonchev–Trinajstić information content (AvgIpc) is 3.46. The molecule has 1 aromatic heterocycles. The molecule has 0 aliphatic carbocycles. The van der Waals surface area contributed by atoms with Crippen molar-refractivity contribution in [1.82, 2.24) is 30.7 Å². The van der Waals surface area contributed by atoms with Crippen LogP contribution in [0.4, 0.5) is 0 Å². The van der Waals surface area contributed by atoms with Gasteiger partial charge in [-0.3, -0.25) is 19.5 Å². The molecule has 3 aromatic rings. The first-order chi connectivity index (χ1) is 16.8. The fourth-order valence-electron chi connectivity index (χ4n) is 4.58. The molecule has 11 nitrogen and oxygen atoms in total. The molecule has 0 fully saturated rings. The number of hydrazine groups is 1. The number of carbonyl (C=O) groups excluding carboxylic acids is 2. The van der Waals surface area contributed by atoms with Gasteiger partial charge < -0.3 is 20.7 Å². The maximum atomic E-state index is 13.3. The largest absolute Gasteiger partial charge is 0.480 e. The van der Waals surface area contributed by atoms with Crippen molar-refractivity contribution < 1.29 is 19.5 Å². The predicted molar refractivity (Wildman–Crippen MR) is 126 cm³/mol. The normalized spacial score (nSPS) is 18.6. The third-order valence-electron chi connectivity index (χ3n) is 6.41. The lowest BCUT2D eigenvalue weighted by molar-refractivity contribution is -0.139. The average molecular weight is 496 g/mol. The number of halogens is 1. The number of aromatic nitrogens is 3. The number of primary amides is 1. The molecule has 5 rings (SSSR count). The van der Waals surface area contributed by atoms with Crippen LogP contribution in [0, 0.1) is 0 Å². The number of carboxylic acids is 1. The van der Waals surface area contributed by atoms with Gasteiger partial charge in [0.25, 0.3) is 5.91 Å². The summed E-state index contributed by atoms with van der Waals surface area (Å²) in [5.41, 5.74) is 12.4. The van der Waals surface area contributed by atoms with Crippen LogP contribution in [0.25, 0.3) is 11.0 Å². The number of nitrogens with one attached hydrogen (secondary N) is 2. The minimum absolute atomic E-state index is 0.104. The summed E-state index contributed by atoms with van der Waals surface area (Å²) in [6.07, 6.45) is 0.385. The molecule has 0 radical (unpaired) electrons. The highest BCUT2D eigenvalue weighted by molar-refractivity contribution is 6.30. The van der Waals surface area contributed by atoms with Crippen LogP contribution < -0.4 is 11.2 Å². The number of aromatic amines is 1. The molecule has 2 aromatic carbocycles. The van der Waals surface area contributed by atoms with Gasteiger partial charge in [0.05, 0.1) is 23.7 Å². The van der Waals surface area contributed by atoms with Gasteiger partial charge in [-0.15, -0.1) is 5.10 Å². The van der Waals surface area contributed by atoms with E-state index in [1.54, 1.807) is 52.4 Å². The van der Waals surface area contributed by atoms with Crippen molar-refractivity contribution in [2.24, 2.45) is 5.73 Å². The number of fused-ring (bicyclic) bond motifs is 1. The van der Waals surface area contributed by atoms with Gasteiger partial charge in [0, 0.05) is 23.7 Å². The highest BCUT2D eigenvalue weighted by atomic mass is 35.5. The van der Waals surface area contributed by atoms with Crippen molar-refractivity contribution in [2.75, 3.05) is 19.6 Å². The van der Waals surface area contributed by atoms with Crippen molar-refractivity contribution >= 4 is 40.4 Å². The molecular formula is C23H22ClN7O4. The fourth-order valence-corrected chi connectivity index (χ4v) is 4.70. The minimum Gasteiger partial charge on any atom is -0.480 e. The lowest BCUT2D eigenvalue weighted by Crippen LogP contribution is -2.46. The first kappa shape index (κ1) is 22.8. The second-order valence-electron chi connectivity index (χ2n) is 8.51. The van der Waals surface area contributed by atoms with E-state index in [1.807, 2.05) is 0 Å². The van der Waals surface area contributed by atoms with Crippen LogP contribution >= 0.6 is 11.6 Å². The minimum atomic E-state index is -1.03. The Morgan fingerprint density at radius 1 is 1.20 bits per heavy atom.